The molecule has 1 heterocycles. The van der Waals surface area contributed by atoms with Gasteiger partial charge in [-0.2, -0.15) is 0 Å². The van der Waals surface area contributed by atoms with E-state index in [4.69, 9.17) is 0 Å². The highest BCUT2D eigenvalue weighted by molar-refractivity contribution is 5.60. The quantitative estimate of drug-likeness (QED) is 0.826. The van der Waals surface area contributed by atoms with Gasteiger partial charge < -0.3 is 10.2 Å². The molecule has 0 bridgehead atoms. The first kappa shape index (κ1) is 15.4. The summed E-state index contributed by atoms with van der Waals surface area (Å²) in [4.78, 5) is 11.1. The van der Waals surface area contributed by atoms with Crippen molar-refractivity contribution in [1.29, 1.82) is 0 Å². The number of aromatic nitrogens is 2. The van der Waals surface area contributed by atoms with Crippen molar-refractivity contribution in [3.8, 4) is 0 Å². The maximum atomic E-state index is 4.68. The maximum absolute atomic E-state index is 4.68. The molecule has 0 amide bonds. The summed E-state index contributed by atoms with van der Waals surface area (Å²) >= 11 is 0. The smallest absolute Gasteiger partial charge is 0.151 e. The first-order valence-corrected chi connectivity index (χ1v) is 7.44. The van der Waals surface area contributed by atoms with Crippen molar-refractivity contribution < 1.29 is 0 Å². The van der Waals surface area contributed by atoms with Gasteiger partial charge in [0.25, 0.3) is 0 Å². The lowest BCUT2D eigenvalue weighted by atomic mass is 10.1. The molecule has 0 atom stereocenters. The molecule has 112 valence electrons. The molecule has 2 aromatic rings. The van der Waals surface area contributed by atoms with Crippen LogP contribution in [0.15, 0.2) is 30.6 Å². The molecular formula is C17H24N4. The van der Waals surface area contributed by atoms with Gasteiger partial charge in [-0.25, -0.2) is 4.98 Å². The standard InChI is InChI=1S/C17H24N4/c1-5-6-18-10-15-11-19-12-17(20-15)21(4)16-8-13(2)7-14(3)9-16/h7-9,11-12,18H,5-6,10H2,1-4H3. The molecule has 0 unspecified atom stereocenters. The Kier molecular flexibility index (Phi) is 5.28. The summed E-state index contributed by atoms with van der Waals surface area (Å²) in [6, 6.07) is 6.50. The summed E-state index contributed by atoms with van der Waals surface area (Å²) in [6.45, 7) is 8.14. The van der Waals surface area contributed by atoms with Gasteiger partial charge in [0.15, 0.2) is 5.82 Å². The largest absolute Gasteiger partial charge is 0.328 e. The molecule has 0 fully saturated rings. The fourth-order valence-corrected chi connectivity index (χ4v) is 2.31. The number of aryl methyl sites for hydroxylation is 2. The van der Waals surface area contributed by atoms with E-state index in [9.17, 15) is 0 Å². The van der Waals surface area contributed by atoms with Crippen LogP contribution in [0.2, 0.25) is 0 Å². The molecule has 2 rings (SSSR count). The zero-order chi connectivity index (χ0) is 15.2. The Hall–Kier alpha value is -1.94. The van der Waals surface area contributed by atoms with E-state index >= 15 is 0 Å². The highest BCUT2D eigenvalue weighted by Crippen LogP contribution is 2.23. The lowest BCUT2D eigenvalue weighted by molar-refractivity contribution is 0.662. The molecule has 4 nitrogen and oxygen atoms in total. The van der Waals surface area contributed by atoms with Crippen LogP contribution in [0.3, 0.4) is 0 Å². The summed E-state index contributed by atoms with van der Waals surface area (Å²) in [6.07, 6.45) is 4.75. The number of rotatable bonds is 6. The normalized spacial score (nSPS) is 10.7. The molecule has 1 aromatic carbocycles. The summed E-state index contributed by atoms with van der Waals surface area (Å²) in [7, 11) is 2.03. The summed E-state index contributed by atoms with van der Waals surface area (Å²) < 4.78 is 0. The average Bonchev–Trinajstić information content (AvgIpc) is 2.46. The molecule has 0 spiro atoms. The van der Waals surface area contributed by atoms with Crippen LogP contribution in [0.1, 0.15) is 30.2 Å². The van der Waals surface area contributed by atoms with Crippen LogP contribution in [0.4, 0.5) is 11.5 Å². The van der Waals surface area contributed by atoms with Gasteiger partial charge in [-0.05, 0) is 50.1 Å². The first-order valence-electron chi connectivity index (χ1n) is 7.44. The number of anilines is 2. The fraction of sp³-hybridized carbons (Fsp3) is 0.412. The molecule has 0 aliphatic rings. The summed E-state index contributed by atoms with van der Waals surface area (Å²) in [5.74, 6) is 0.871. The van der Waals surface area contributed by atoms with Crippen LogP contribution in [0.25, 0.3) is 0 Å². The van der Waals surface area contributed by atoms with Gasteiger partial charge in [-0.3, -0.25) is 4.98 Å². The second-order valence-corrected chi connectivity index (χ2v) is 5.45. The lowest BCUT2D eigenvalue weighted by Crippen LogP contribution is -2.17. The molecule has 4 heteroatoms. The van der Waals surface area contributed by atoms with Gasteiger partial charge >= 0.3 is 0 Å². The number of benzene rings is 1. The third-order valence-corrected chi connectivity index (χ3v) is 3.34. The van der Waals surface area contributed by atoms with Gasteiger partial charge in [0.05, 0.1) is 11.9 Å². The monoisotopic (exact) mass is 284 g/mol. The van der Waals surface area contributed by atoms with Crippen LogP contribution >= 0.6 is 0 Å². The molecule has 0 saturated heterocycles. The number of hydrogen-bond donors (Lipinski definition) is 1. The third-order valence-electron chi connectivity index (χ3n) is 3.34. The van der Waals surface area contributed by atoms with E-state index in [1.54, 1.807) is 6.20 Å². The molecular weight excluding hydrogens is 260 g/mol. The highest BCUT2D eigenvalue weighted by atomic mass is 15.2. The third kappa shape index (κ3) is 4.26. The molecule has 21 heavy (non-hydrogen) atoms. The zero-order valence-electron chi connectivity index (χ0n) is 13.3. The van der Waals surface area contributed by atoms with E-state index in [0.717, 1.165) is 36.7 Å². The minimum absolute atomic E-state index is 0.759. The number of nitrogens with one attached hydrogen (secondary N) is 1. The first-order chi connectivity index (χ1) is 10.1. The van der Waals surface area contributed by atoms with Gasteiger partial charge in [-0.1, -0.05) is 13.0 Å². The number of nitrogens with zero attached hydrogens (tertiary/aromatic N) is 3. The van der Waals surface area contributed by atoms with E-state index in [1.165, 1.54) is 11.1 Å². The molecule has 1 aromatic heterocycles. The van der Waals surface area contributed by atoms with Crippen molar-refractivity contribution >= 4 is 11.5 Å². The van der Waals surface area contributed by atoms with Gasteiger partial charge in [0.2, 0.25) is 0 Å². The van der Waals surface area contributed by atoms with Crippen molar-refractivity contribution in [3.05, 3.63) is 47.4 Å². The minimum Gasteiger partial charge on any atom is -0.328 e. The molecule has 0 saturated carbocycles. The lowest BCUT2D eigenvalue weighted by Gasteiger charge is -2.19. The second-order valence-electron chi connectivity index (χ2n) is 5.45. The van der Waals surface area contributed by atoms with Crippen LogP contribution in [0.5, 0.6) is 0 Å². The molecule has 0 aliphatic carbocycles. The fourth-order valence-electron chi connectivity index (χ4n) is 2.31. The minimum atomic E-state index is 0.759. The van der Waals surface area contributed by atoms with Crippen LogP contribution in [-0.2, 0) is 6.54 Å². The maximum Gasteiger partial charge on any atom is 0.151 e. The second kappa shape index (κ2) is 7.18. The Bertz CT molecular complexity index is 575. The highest BCUT2D eigenvalue weighted by Gasteiger charge is 2.08. The van der Waals surface area contributed by atoms with E-state index in [-0.39, 0.29) is 0 Å². The van der Waals surface area contributed by atoms with Gasteiger partial charge in [-0.15, -0.1) is 0 Å². The Labute approximate surface area is 127 Å². The van der Waals surface area contributed by atoms with Crippen molar-refractivity contribution in [3.63, 3.8) is 0 Å². The van der Waals surface area contributed by atoms with E-state index in [0.29, 0.717) is 0 Å². The summed E-state index contributed by atoms with van der Waals surface area (Å²) in [5, 5.41) is 3.35. The van der Waals surface area contributed by atoms with Crippen LogP contribution < -0.4 is 10.2 Å². The van der Waals surface area contributed by atoms with Crippen molar-refractivity contribution in [2.75, 3.05) is 18.5 Å². The molecule has 1 N–H and O–H groups in total. The van der Waals surface area contributed by atoms with Crippen molar-refractivity contribution in [1.82, 2.24) is 15.3 Å². The SMILES string of the molecule is CCCNCc1cncc(N(C)c2cc(C)cc(C)c2)n1. The van der Waals surface area contributed by atoms with Crippen molar-refractivity contribution in [2.24, 2.45) is 0 Å². The van der Waals surface area contributed by atoms with E-state index < -0.39 is 0 Å². The Morgan fingerprint density at radius 1 is 1.10 bits per heavy atom. The topological polar surface area (TPSA) is 41.1 Å². The molecule has 0 radical (unpaired) electrons. The Balaban J connectivity index is 2.18. The predicted molar refractivity (Wildman–Crippen MR) is 88.0 cm³/mol. The number of hydrogen-bond acceptors (Lipinski definition) is 4. The molecule has 0 aliphatic heterocycles. The Morgan fingerprint density at radius 3 is 2.48 bits per heavy atom. The van der Waals surface area contributed by atoms with Crippen LogP contribution in [-0.4, -0.2) is 23.6 Å². The summed E-state index contributed by atoms with van der Waals surface area (Å²) in [5.41, 5.74) is 4.62. The van der Waals surface area contributed by atoms with Crippen molar-refractivity contribution in [2.45, 2.75) is 33.7 Å². The van der Waals surface area contributed by atoms with E-state index in [2.05, 4.69) is 59.2 Å². The van der Waals surface area contributed by atoms with Crippen LogP contribution in [0, 0.1) is 13.8 Å². The van der Waals surface area contributed by atoms with E-state index in [1.807, 2.05) is 13.2 Å². The van der Waals surface area contributed by atoms with Gasteiger partial charge in [0, 0.05) is 25.5 Å². The van der Waals surface area contributed by atoms with Gasteiger partial charge in [0.1, 0.15) is 0 Å². The average molecular weight is 284 g/mol. The predicted octanol–water partition coefficient (Wildman–Crippen LogP) is 3.36. The Morgan fingerprint density at radius 2 is 1.81 bits per heavy atom. The zero-order valence-corrected chi connectivity index (χ0v) is 13.3.